The third kappa shape index (κ3) is 1.76. The highest BCUT2D eigenvalue weighted by atomic mass is 19.1. The summed E-state index contributed by atoms with van der Waals surface area (Å²) in [5.41, 5.74) is 6.30. The van der Waals surface area contributed by atoms with Crippen LogP contribution in [0.4, 0.5) is 10.1 Å². The van der Waals surface area contributed by atoms with Crippen molar-refractivity contribution in [1.29, 1.82) is 0 Å². The Morgan fingerprint density at radius 2 is 2.12 bits per heavy atom. The number of nitrogen functional groups attached to an aromatic ring is 1. The Hall–Kier alpha value is -1.91. The Morgan fingerprint density at radius 3 is 2.69 bits per heavy atom. The summed E-state index contributed by atoms with van der Waals surface area (Å²) >= 11 is 0. The molecule has 0 fully saturated rings. The predicted molar refractivity (Wildman–Crippen MR) is 60.3 cm³/mol. The van der Waals surface area contributed by atoms with Crippen molar-refractivity contribution >= 4 is 5.69 Å². The molecule has 0 spiro atoms. The van der Waals surface area contributed by atoms with E-state index in [9.17, 15) is 4.39 Å². The first-order valence-electron chi connectivity index (χ1n) is 5.06. The molecule has 1 aromatic heterocycles. The second kappa shape index (κ2) is 3.92. The Labute approximate surface area is 92.7 Å². The van der Waals surface area contributed by atoms with Gasteiger partial charge in [-0.1, -0.05) is 19.9 Å². The average Bonchev–Trinajstić information content (AvgIpc) is 2.66. The number of hydrogen-bond donors (Lipinski definition) is 2. The number of aromatic nitrogens is 3. The lowest BCUT2D eigenvalue weighted by atomic mass is 10.1. The first-order chi connectivity index (χ1) is 7.59. The lowest BCUT2D eigenvalue weighted by Gasteiger charge is -2.01. The van der Waals surface area contributed by atoms with Gasteiger partial charge < -0.3 is 5.73 Å². The van der Waals surface area contributed by atoms with Crippen molar-refractivity contribution in [3.63, 3.8) is 0 Å². The molecule has 4 nitrogen and oxygen atoms in total. The maximum Gasteiger partial charge on any atom is 0.186 e. The molecule has 0 radical (unpaired) electrons. The highest BCUT2D eigenvalue weighted by Gasteiger charge is 2.14. The monoisotopic (exact) mass is 220 g/mol. The van der Waals surface area contributed by atoms with Crippen LogP contribution in [-0.4, -0.2) is 15.2 Å². The molecule has 0 unspecified atom stereocenters. The third-order valence-corrected chi connectivity index (χ3v) is 2.32. The van der Waals surface area contributed by atoms with Gasteiger partial charge in [0.25, 0.3) is 0 Å². The fourth-order valence-electron chi connectivity index (χ4n) is 1.42. The molecule has 0 aliphatic rings. The van der Waals surface area contributed by atoms with Crippen molar-refractivity contribution < 1.29 is 4.39 Å². The first kappa shape index (κ1) is 10.6. The number of halogens is 1. The number of nitrogens with zero attached hydrogens (tertiary/aromatic N) is 2. The maximum absolute atomic E-state index is 13.6. The summed E-state index contributed by atoms with van der Waals surface area (Å²) in [5, 5.41) is 6.75. The summed E-state index contributed by atoms with van der Waals surface area (Å²) in [6, 6.07) is 4.53. The van der Waals surface area contributed by atoms with E-state index in [1.165, 1.54) is 6.07 Å². The largest absolute Gasteiger partial charge is 0.398 e. The number of rotatable bonds is 2. The lowest BCUT2D eigenvalue weighted by molar-refractivity contribution is 0.630. The van der Waals surface area contributed by atoms with Crippen LogP contribution in [0.3, 0.4) is 0 Å². The predicted octanol–water partition coefficient (Wildman–Crippen LogP) is 2.32. The Kier molecular flexibility index (Phi) is 2.60. The normalized spacial score (nSPS) is 11.0. The molecule has 0 aliphatic heterocycles. The number of anilines is 1. The van der Waals surface area contributed by atoms with Gasteiger partial charge in [0, 0.05) is 11.6 Å². The smallest absolute Gasteiger partial charge is 0.186 e. The number of nitrogens with one attached hydrogen (secondary N) is 1. The van der Waals surface area contributed by atoms with Gasteiger partial charge in [-0.3, -0.25) is 5.10 Å². The summed E-state index contributed by atoms with van der Waals surface area (Å²) in [6.45, 7) is 3.96. The van der Waals surface area contributed by atoms with Crippen molar-refractivity contribution in [2.24, 2.45) is 0 Å². The van der Waals surface area contributed by atoms with E-state index in [-0.39, 0.29) is 11.5 Å². The van der Waals surface area contributed by atoms with E-state index in [1.807, 2.05) is 13.8 Å². The van der Waals surface area contributed by atoms with Gasteiger partial charge in [-0.05, 0) is 12.1 Å². The molecule has 0 aliphatic carbocycles. The van der Waals surface area contributed by atoms with Gasteiger partial charge in [-0.15, -0.1) is 0 Å². The molecule has 0 saturated carbocycles. The van der Waals surface area contributed by atoms with E-state index in [0.29, 0.717) is 11.5 Å². The second-order valence-electron chi connectivity index (χ2n) is 3.90. The molecule has 1 aromatic carbocycles. The van der Waals surface area contributed by atoms with Gasteiger partial charge in [-0.25, -0.2) is 9.37 Å². The summed E-state index contributed by atoms with van der Waals surface area (Å²) in [4.78, 5) is 4.22. The van der Waals surface area contributed by atoms with Crippen molar-refractivity contribution in [1.82, 2.24) is 15.2 Å². The molecule has 2 aromatic rings. The molecule has 1 heterocycles. The summed E-state index contributed by atoms with van der Waals surface area (Å²) in [5.74, 6) is 0.834. The number of hydrogen-bond acceptors (Lipinski definition) is 3. The van der Waals surface area contributed by atoms with Gasteiger partial charge in [0.1, 0.15) is 11.6 Å². The highest BCUT2D eigenvalue weighted by Crippen LogP contribution is 2.26. The van der Waals surface area contributed by atoms with Crippen LogP contribution in [0.15, 0.2) is 18.2 Å². The van der Waals surface area contributed by atoms with Crippen molar-refractivity contribution in [2.75, 3.05) is 5.73 Å². The fourth-order valence-corrected chi connectivity index (χ4v) is 1.42. The molecule has 0 bridgehead atoms. The standard InChI is InChI=1S/C11H13FN4/c1-6(2)10-14-11(16-15-10)9-7(12)4-3-5-8(9)13/h3-6H,13H2,1-2H3,(H,14,15,16). The third-order valence-electron chi connectivity index (χ3n) is 2.32. The fraction of sp³-hybridized carbons (Fsp3) is 0.273. The van der Waals surface area contributed by atoms with Gasteiger partial charge in [0.15, 0.2) is 5.82 Å². The summed E-state index contributed by atoms with van der Waals surface area (Å²) < 4.78 is 13.6. The van der Waals surface area contributed by atoms with Crippen LogP contribution in [0.2, 0.25) is 0 Å². The van der Waals surface area contributed by atoms with E-state index in [0.717, 1.165) is 5.82 Å². The Morgan fingerprint density at radius 1 is 1.38 bits per heavy atom. The molecule has 5 heteroatoms. The minimum atomic E-state index is -0.408. The number of benzene rings is 1. The minimum Gasteiger partial charge on any atom is -0.398 e. The molecule has 3 N–H and O–H groups in total. The number of H-pyrrole nitrogens is 1. The Balaban J connectivity index is 2.50. The highest BCUT2D eigenvalue weighted by molar-refractivity contribution is 5.71. The molecule has 0 amide bonds. The maximum atomic E-state index is 13.6. The zero-order chi connectivity index (χ0) is 11.7. The van der Waals surface area contributed by atoms with E-state index >= 15 is 0 Å². The van der Waals surface area contributed by atoms with Crippen LogP contribution in [-0.2, 0) is 0 Å². The van der Waals surface area contributed by atoms with Crippen LogP contribution in [0.25, 0.3) is 11.4 Å². The van der Waals surface area contributed by atoms with E-state index < -0.39 is 5.82 Å². The van der Waals surface area contributed by atoms with Crippen LogP contribution >= 0.6 is 0 Å². The molecular formula is C11H13FN4. The topological polar surface area (TPSA) is 67.6 Å². The minimum absolute atomic E-state index is 0.217. The van der Waals surface area contributed by atoms with Crippen LogP contribution in [0.1, 0.15) is 25.6 Å². The average molecular weight is 220 g/mol. The lowest BCUT2D eigenvalue weighted by Crippen LogP contribution is -1.95. The SMILES string of the molecule is CC(C)c1nc(-c2c(N)cccc2F)n[nH]1. The zero-order valence-electron chi connectivity index (χ0n) is 9.16. The molecule has 2 rings (SSSR count). The molecule has 0 saturated heterocycles. The molecule has 84 valence electrons. The van der Waals surface area contributed by atoms with Crippen molar-refractivity contribution in [3.05, 3.63) is 29.8 Å². The van der Waals surface area contributed by atoms with E-state index in [4.69, 9.17) is 5.73 Å². The summed E-state index contributed by atoms with van der Waals surface area (Å²) in [6.07, 6.45) is 0. The Bertz CT molecular complexity index is 484. The second-order valence-corrected chi connectivity index (χ2v) is 3.90. The zero-order valence-corrected chi connectivity index (χ0v) is 9.16. The van der Waals surface area contributed by atoms with Crippen molar-refractivity contribution in [3.8, 4) is 11.4 Å². The first-order valence-corrected chi connectivity index (χ1v) is 5.06. The van der Waals surface area contributed by atoms with Gasteiger partial charge in [0.2, 0.25) is 0 Å². The van der Waals surface area contributed by atoms with Gasteiger partial charge in [-0.2, -0.15) is 5.10 Å². The van der Waals surface area contributed by atoms with Gasteiger partial charge >= 0.3 is 0 Å². The van der Waals surface area contributed by atoms with Crippen LogP contribution in [0, 0.1) is 5.82 Å². The van der Waals surface area contributed by atoms with Crippen LogP contribution in [0.5, 0.6) is 0 Å². The molecule has 0 atom stereocenters. The van der Waals surface area contributed by atoms with Crippen molar-refractivity contribution in [2.45, 2.75) is 19.8 Å². The molecule has 16 heavy (non-hydrogen) atoms. The quantitative estimate of drug-likeness (QED) is 0.763. The summed E-state index contributed by atoms with van der Waals surface area (Å²) in [7, 11) is 0. The number of nitrogens with two attached hydrogens (primary N) is 1. The molecular weight excluding hydrogens is 207 g/mol. The van der Waals surface area contributed by atoms with Gasteiger partial charge in [0.05, 0.1) is 5.56 Å². The van der Waals surface area contributed by atoms with E-state index in [2.05, 4.69) is 15.2 Å². The van der Waals surface area contributed by atoms with E-state index in [1.54, 1.807) is 12.1 Å². The van der Waals surface area contributed by atoms with Crippen LogP contribution < -0.4 is 5.73 Å². The number of aromatic amines is 1.